The van der Waals surface area contributed by atoms with Gasteiger partial charge in [0, 0.05) is 10.7 Å². The van der Waals surface area contributed by atoms with Gasteiger partial charge in [-0.3, -0.25) is 0 Å². The number of rotatable bonds is 16. The Morgan fingerprint density at radius 1 is 0.522 bits per heavy atom. The quantitative estimate of drug-likeness (QED) is 0.121. The van der Waals surface area contributed by atoms with Crippen molar-refractivity contribution in [2.24, 2.45) is 0 Å². The van der Waals surface area contributed by atoms with E-state index in [4.69, 9.17) is 4.12 Å². The van der Waals surface area contributed by atoms with Crippen LogP contribution in [0, 0.1) is 0 Å². The zero-order valence-corrected chi connectivity index (χ0v) is 21.2. The van der Waals surface area contributed by atoms with Gasteiger partial charge in [-0.05, 0) is 51.1 Å². The van der Waals surface area contributed by atoms with Gasteiger partial charge in [-0.1, -0.05) is 83.2 Å². The fourth-order valence-electron chi connectivity index (χ4n) is 3.20. The summed E-state index contributed by atoms with van der Waals surface area (Å²) in [6, 6.07) is 2.70. The van der Waals surface area contributed by atoms with E-state index >= 15 is 0 Å². The first-order valence-corrected chi connectivity index (χ1v) is 18.1. The predicted octanol–water partition coefficient (Wildman–Crippen LogP) is 8.10. The van der Waals surface area contributed by atoms with Crippen LogP contribution in [0.15, 0.2) is 0 Å². The predicted molar refractivity (Wildman–Crippen MR) is 119 cm³/mol. The Labute approximate surface area is 165 Å². The van der Waals surface area contributed by atoms with Crippen molar-refractivity contribution in [1.82, 2.24) is 0 Å². The van der Waals surface area contributed by atoms with Gasteiger partial charge in [-0.25, -0.2) is 0 Å². The molecule has 0 N–H and O–H groups in total. The lowest BCUT2D eigenvalue weighted by Gasteiger charge is -2.34. The van der Waals surface area contributed by atoms with Crippen LogP contribution in [-0.4, -0.2) is 27.3 Å². The van der Waals surface area contributed by atoms with Crippen molar-refractivity contribution in [1.29, 1.82) is 0 Å². The van der Waals surface area contributed by atoms with Gasteiger partial charge < -0.3 is 4.12 Å². The third kappa shape index (κ3) is 16.6. The Morgan fingerprint density at radius 2 is 0.826 bits per heavy atom. The minimum Gasteiger partial charge on any atom is -0.455 e. The number of hydrogen-bond donors (Lipinski definition) is 0. The Morgan fingerprint density at radius 3 is 1.17 bits per heavy atom. The standard InChI is InChI=1S/C18H40Br2OSi2/c1-22(2,17-13-9-5-7-11-15-19)21-23(3,4)18-14-10-6-8-12-16-20/h5-18H2,1-4H3. The third-order valence-electron chi connectivity index (χ3n) is 4.38. The van der Waals surface area contributed by atoms with Crippen molar-refractivity contribution in [3.63, 3.8) is 0 Å². The van der Waals surface area contributed by atoms with E-state index in [-0.39, 0.29) is 0 Å². The van der Waals surface area contributed by atoms with Crippen molar-refractivity contribution in [3.8, 4) is 0 Å². The SMILES string of the molecule is C[Si](C)(CCCCCCCBr)O[Si](C)(C)CCCCCCCBr. The molecule has 0 aliphatic rings. The van der Waals surface area contributed by atoms with Crippen LogP contribution >= 0.6 is 31.9 Å². The van der Waals surface area contributed by atoms with E-state index in [1.54, 1.807) is 0 Å². The van der Waals surface area contributed by atoms with Crippen LogP contribution in [0.3, 0.4) is 0 Å². The Bertz CT molecular complexity index is 248. The summed E-state index contributed by atoms with van der Waals surface area (Å²) in [5, 5.41) is 2.32. The van der Waals surface area contributed by atoms with E-state index < -0.39 is 16.6 Å². The Balaban J connectivity index is 3.82. The second-order valence-electron chi connectivity index (χ2n) is 8.03. The summed E-state index contributed by atoms with van der Waals surface area (Å²) < 4.78 is 6.74. The average Bonchev–Trinajstić information content (AvgIpc) is 2.45. The molecule has 0 aromatic rings. The summed E-state index contributed by atoms with van der Waals surface area (Å²) in [5.41, 5.74) is 0. The van der Waals surface area contributed by atoms with Gasteiger partial charge in [-0.15, -0.1) is 0 Å². The Kier molecular flexibility index (Phi) is 15.4. The molecule has 140 valence electrons. The molecule has 0 bridgehead atoms. The van der Waals surface area contributed by atoms with Gasteiger partial charge in [0.1, 0.15) is 0 Å². The summed E-state index contributed by atoms with van der Waals surface area (Å²) in [5.74, 6) is 0. The molecule has 0 saturated heterocycles. The highest BCUT2D eigenvalue weighted by atomic mass is 79.9. The Hall–Kier alpha value is 1.35. The van der Waals surface area contributed by atoms with E-state index in [1.165, 1.54) is 76.3 Å². The van der Waals surface area contributed by atoms with E-state index in [1.807, 2.05) is 0 Å². The number of alkyl halides is 2. The molecule has 0 spiro atoms. The zero-order valence-electron chi connectivity index (χ0n) is 16.1. The lowest BCUT2D eigenvalue weighted by atomic mass is 10.2. The monoisotopic (exact) mass is 486 g/mol. The van der Waals surface area contributed by atoms with Crippen molar-refractivity contribution in [3.05, 3.63) is 0 Å². The van der Waals surface area contributed by atoms with Gasteiger partial charge in [-0.2, -0.15) is 0 Å². The summed E-state index contributed by atoms with van der Waals surface area (Å²) >= 11 is 7.02. The fourth-order valence-corrected chi connectivity index (χ4v) is 13.0. The van der Waals surface area contributed by atoms with Gasteiger partial charge in [0.25, 0.3) is 0 Å². The van der Waals surface area contributed by atoms with Gasteiger partial charge >= 0.3 is 0 Å². The van der Waals surface area contributed by atoms with Crippen LogP contribution in [0.5, 0.6) is 0 Å². The van der Waals surface area contributed by atoms with E-state index in [2.05, 4.69) is 58.0 Å². The average molecular weight is 488 g/mol. The first kappa shape index (κ1) is 24.4. The van der Waals surface area contributed by atoms with Gasteiger partial charge in [0.2, 0.25) is 0 Å². The minimum atomic E-state index is -1.44. The highest BCUT2D eigenvalue weighted by Crippen LogP contribution is 2.25. The van der Waals surface area contributed by atoms with Crippen molar-refractivity contribution in [2.45, 2.75) is 102 Å². The van der Waals surface area contributed by atoms with Gasteiger partial charge in [0.05, 0.1) is 0 Å². The van der Waals surface area contributed by atoms with Crippen LogP contribution in [-0.2, 0) is 4.12 Å². The number of unbranched alkanes of at least 4 members (excludes halogenated alkanes) is 8. The van der Waals surface area contributed by atoms with Gasteiger partial charge in [0.15, 0.2) is 16.6 Å². The van der Waals surface area contributed by atoms with Crippen molar-refractivity contribution in [2.75, 3.05) is 10.7 Å². The maximum absolute atomic E-state index is 6.74. The lowest BCUT2D eigenvalue weighted by molar-refractivity contribution is 0.521. The first-order chi connectivity index (χ1) is 10.8. The maximum Gasteiger partial charge on any atom is 0.173 e. The summed E-state index contributed by atoms with van der Waals surface area (Å²) in [6.07, 6.45) is 13.7. The molecule has 0 heterocycles. The second kappa shape index (κ2) is 14.5. The second-order valence-corrected chi connectivity index (χ2v) is 18.5. The molecule has 0 radical (unpaired) electrons. The molecule has 0 atom stereocenters. The summed E-state index contributed by atoms with van der Waals surface area (Å²) in [7, 11) is -2.88. The van der Waals surface area contributed by atoms with Crippen LogP contribution in [0.25, 0.3) is 0 Å². The molecule has 0 aromatic carbocycles. The molecule has 1 nitrogen and oxygen atoms in total. The van der Waals surface area contributed by atoms with Crippen LogP contribution in [0.1, 0.15) is 64.2 Å². The molecule has 0 aromatic heterocycles. The molecule has 0 aliphatic heterocycles. The van der Waals surface area contributed by atoms with E-state index in [0.29, 0.717) is 0 Å². The summed E-state index contributed by atoms with van der Waals surface area (Å²) in [6.45, 7) is 9.76. The molecule has 0 fully saturated rings. The van der Waals surface area contributed by atoms with Crippen LogP contribution in [0.2, 0.25) is 38.3 Å². The molecular weight excluding hydrogens is 448 g/mol. The summed E-state index contributed by atoms with van der Waals surface area (Å²) in [4.78, 5) is 0. The molecule has 0 saturated carbocycles. The normalized spacial score (nSPS) is 12.8. The first-order valence-electron chi connectivity index (χ1n) is 9.65. The zero-order chi connectivity index (χ0) is 17.6. The third-order valence-corrected chi connectivity index (χ3v) is 13.0. The maximum atomic E-state index is 6.74. The molecule has 0 aliphatic carbocycles. The van der Waals surface area contributed by atoms with Crippen LogP contribution in [0.4, 0.5) is 0 Å². The molecule has 0 unspecified atom stereocenters. The molecule has 23 heavy (non-hydrogen) atoms. The van der Waals surface area contributed by atoms with Crippen LogP contribution < -0.4 is 0 Å². The lowest BCUT2D eigenvalue weighted by Crippen LogP contribution is -2.44. The minimum absolute atomic E-state index is 1.16. The number of hydrogen-bond acceptors (Lipinski definition) is 1. The highest BCUT2D eigenvalue weighted by molar-refractivity contribution is 9.09. The highest BCUT2D eigenvalue weighted by Gasteiger charge is 2.31. The van der Waals surface area contributed by atoms with E-state index in [0.717, 1.165) is 10.7 Å². The largest absolute Gasteiger partial charge is 0.455 e. The number of halogens is 2. The molecule has 5 heteroatoms. The smallest absolute Gasteiger partial charge is 0.173 e. The van der Waals surface area contributed by atoms with E-state index in [9.17, 15) is 0 Å². The fraction of sp³-hybridized carbons (Fsp3) is 1.00. The molecule has 0 amide bonds. The molecule has 0 rings (SSSR count). The van der Waals surface area contributed by atoms with Crippen molar-refractivity contribution >= 4 is 48.5 Å². The van der Waals surface area contributed by atoms with Crippen molar-refractivity contribution < 1.29 is 4.12 Å². The molecular formula is C18H40Br2OSi2. The topological polar surface area (TPSA) is 9.23 Å².